The van der Waals surface area contributed by atoms with E-state index in [1.807, 2.05) is 12.1 Å². The summed E-state index contributed by atoms with van der Waals surface area (Å²) >= 11 is 0. The lowest BCUT2D eigenvalue weighted by Crippen LogP contribution is -2.59. The van der Waals surface area contributed by atoms with E-state index in [9.17, 15) is 5.11 Å². The van der Waals surface area contributed by atoms with Crippen LogP contribution >= 0.6 is 0 Å². The summed E-state index contributed by atoms with van der Waals surface area (Å²) in [5.74, 6) is 2.61. The lowest BCUT2D eigenvalue weighted by molar-refractivity contribution is -0.123. The van der Waals surface area contributed by atoms with E-state index in [4.69, 9.17) is 4.74 Å². The van der Waals surface area contributed by atoms with Crippen molar-refractivity contribution in [2.75, 3.05) is 6.61 Å². The Morgan fingerprint density at radius 1 is 1.04 bits per heavy atom. The van der Waals surface area contributed by atoms with Crippen molar-refractivity contribution >= 4 is 0 Å². The molecule has 4 unspecified atom stereocenters. The number of aryl methyl sites for hydroxylation is 1. The largest absolute Gasteiger partial charge is 0.508 e. The predicted octanol–water partition coefficient (Wildman–Crippen LogP) is 5.59. The second kappa shape index (κ2) is 4.93. The van der Waals surface area contributed by atoms with Crippen LogP contribution < -0.4 is 4.74 Å². The van der Waals surface area contributed by atoms with Gasteiger partial charge in [-0.1, -0.05) is 34.1 Å². The summed E-state index contributed by atoms with van der Waals surface area (Å²) in [5, 5.41) is 9.98. The third kappa shape index (κ3) is 2.01. The minimum Gasteiger partial charge on any atom is -0.508 e. The molecule has 2 heteroatoms. The Bertz CT molecular complexity index is 677. The smallest absolute Gasteiger partial charge is 0.127 e. The zero-order valence-electron chi connectivity index (χ0n) is 15.9. The van der Waals surface area contributed by atoms with Crippen LogP contribution in [-0.4, -0.2) is 11.7 Å². The van der Waals surface area contributed by atoms with Gasteiger partial charge in [-0.2, -0.15) is 0 Å². The van der Waals surface area contributed by atoms with Crippen molar-refractivity contribution in [2.24, 2.45) is 22.7 Å². The van der Waals surface area contributed by atoms with Gasteiger partial charge in [-0.15, -0.1) is 0 Å². The number of aromatic hydroxyl groups is 1. The maximum atomic E-state index is 9.98. The summed E-state index contributed by atoms with van der Waals surface area (Å²) in [6.07, 6.45) is 6.59. The molecule has 0 amide bonds. The van der Waals surface area contributed by atoms with Gasteiger partial charge in [0.25, 0.3) is 0 Å². The van der Waals surface area contributed by atoms with Crippen LogP contribution in [0, 0.1) is 29.6 Å². The summed E-state index contributed by atoms with van der Waals surface area (Å²) in [7, 11) is 0. The molecule has 4 rings (SSSR count). The van der Waals surface area contributed by atoms with Gasteiger partial charge in [0.05, 0.1) is 6.61 Å². The highest BCUT2D eigenvalue weighted by atomic mass is 16.5. The van der Waals surface area contributed by atoms with Crippen LogP contribution in [-0.2, 0) is 5.41 Å². The molecule has 24 heavy (non-hydrogen) atoms. The summed E-state index contributed by atoms with van der Waals surface area (Å²) in [4.78, 5) is 0. The summed E-state index contributed by atoms with van der Waals surface area (Å²) < 4.78 is 6.24. The van der Waals surface area contributed by atoms with Crippen molar-refractivity contribution in [3.05, 3.63) is 23.3 Å². The Morgan fingerprint density at radius 2 is 1.79 bits per heavy atom. The second-order valence-electron chi connectivity index (χ2n) is 9.86. The van der Waals surface area contributed by atoms with Gasteiger partial charge < -0.3 is 9.84 Å². The van der Waals surface area contributed by atoms with Crippen LogP contribution in [0.1, 0.15) is 70.9 Å². The molecule has 1 aliphatic heterocycles. The quantitative estimate of drug-likeness (QED) is 0.672. The van der Waals surface area contributed by atoms with Crippen molar-refractivity contribution in [1.82, 2.24) is 0 Å². The van der Waals surface area contributed by atoms with Gasteiger partial charge in [-0.05, 0) is 61.0 Å². The molecular weight excluding hydrogens is 296 g/mol. The number of hydrogen-bond acceptors (Lipinski definition) is 2. The Balaban J connectivity index is 1.84. The molecule has 2 fully saturated rings. The molecule has 2 aliphatic carbocycles. The minimum absolute atomic E-state index is 0.171. The highest BCUT2D eigenvalue weighted by Gasteiger charge is 2.60. The van der Waals surface area contributed by atoms with Gasteiger partial charge in [-0.3, -0.25) is 0 Å². The zero-order chi connectivity index (χ0) is 17.3. The molecule has 1 N–H and O–H groups in total. The van der Waals surface area contributed by atoms with Crippen molar-refractivity contribution in [3.63, 3.8) is 0 Å². The minimum atomic E-state index is 0.171. The Hall–Kier alpha value is -1.18. The van der Waals surface area contributed by atoms with Crippen molar-refractivity contribution in [1.29, 1.82) is 0 Å². The molecule has 0 spiro atoms. The van der Waals surface area contributed by atoms with Crippen molar-refractivity contribution in [3.8, 4) is 11.5 Å². The van der Waals surface area contributed by atoms with E-state index in [0.29, 0.717) is 22.5 Å². The van der Waals surface area contributed by atoms with Crippen LogP contribution in [0.5, 0.6) is 11.5 Å². The molecule has 3 aliphatic rings. The van der Waals surface area contributed by atoms with Crippen molar-refractivity contribution in [2.45, 2.75) is 72.1 Å². The lowest BCUT2D eigenvalue weighted by Gasteiger charge is -2.63. The van der Waals surface area contributed by atoms with Gasteiger partial charge in [0.1, 0.15) is 11.5 Å². The number of rotatable bonds is 0. The average molecular weight is 328 g/mol. The van der Waals surface area contributed by atoms with Crippen LogP contribution in [0.2, 0.25) is 0 Å². The highest BCUT2D eigenvalue weighted by Crippen LogP contribution is 2.66. The van der Waals surface area contributed by atoms with E-state index in [0.717, 1.165) is 18.3 Å². The maximum absolute atomic E-state index is 9.98. The van der Waals surface area contributed by atoms with Gasteiger partial charge in [0.2, 0.25) is 0 Å². The first-order chi connectivity index (χ1) is 11.2. The normalized spacial score (nSPS) is 40.0. The molecule has 132 valence electrons. The summed E-state index contributed by atoms with van der Waals surface area (Å²) in [6, 6.07) is 3.73. The molecule has 4 atom stereocenters. The third-order valence-corrected chi connectivity index (χ3v) is 8.05. The van der Waals surface area contributed by atoms with E-state index in [1.54, 1.807) is 0 Å². The lowest BCUT2D eigenvalue weighted by atomic mass is 9.42. The third-order valence-electron chi connectivity index (χ3n) is 8.05. The number of phenolic OH excluding ortho intramolecular Hbond substituents is 1. The predicted molar refractivity (Wildman–Crippen MR) is 97.6 cm³/mol. The van der Waals surface area contributed by atoms with Crippen LogP contribution in [0.25, 0.3) is 0 Å². The Labute approximate surface area is 146 Å². The second-order valence-corrected chi connectivity index (χ2v) is 9.86. The zero-order valence-corrected chi connectivity index (χ0v) is 15.9. The molecular formula is C22H32O2. The van der Waals surface area contributed by atoms with Gasteiger partial charge in [-0.25, -0.2) is 0 Å². The van der Waals surface area contributed by atoms with Crippen LogP contribution in [0.15, 0.2) is 12.1 Å². The van der Waals surface area contributed by atoms with E-state index >= 15 is 0 Å². The van der Waals surface area contributed by atoms with Gasteiger partial charge in [0, 0.05) is 23.0 Å². The van der Waals surface area contributed by atoms with E-state index in [1.165, 1.54) is 43.2 Å². The number of fused-ring (bicyclic) bond motifs is 5. The van der Waals surface area contributed by atoms with Crippen LogP contribution in [0.4, 0.5) is 0 Å². The SMILES string of the molecule is Cc1cc(O)cc2c1C1(C)CCC3C(C)(C)CCCC3(C)C1CO2. The fraction of sp³-hybridized carbons (Fsp3) is 0.727. The number of hydrogen-bond donors (Lipinski definition) is 1. The summed E-state index contributed by atoms with van der Waals surface area (Å²) in [5.41, 5.74) is 3.52. The number of benzene rings is 1. The maximum Gasteiger partial charge on any atom is 0.127 e. The summed E-state index contributed by atoms with van der Waals surface area (Å²) in [6.45, 7) is 12.9. The molecule has 2 nitrogen and oxygen atoms in total. The molecule has 0 bridgehead atoms. The molecule has 1 aromatic carbocycles. The van der Waals surface area contributed by atoms with Crippen LogP contribution in [0.3, 0.4) is 0 Å². The van der Waals surface area contributed by atoms with E-state index in [-0.39, 0.29) is 5.41 Å². The first-order valence-corrected chi connectivity index (χ1v) is 9.65. The molecule has 0 saturated heterocycles. The first kappa shape index (κ1) is 16.3. The molecule has 0 radical (unpaired) electrons. The number of phenols is 1. The highest BCUT2D eigenvalue weighted by molar-refractivity contribution is 5.52. The van der Waals surface area contributed by atoms with Crippen molar-refractivity contribution < 1.29 is 9.84 Å². The molecule has 2 saturated carbocycles. The average Bonchev–Trinajstić information content (AvgIpc) is 2.44. The molecule has 1 aromatic rings. The Kier molecular flexibility index (Phi) is 3.34. The Morgan fingerprint density at radius 3 is 2.54 bits per heavy atom. The molecule has 1 heterocycles. The fourth-order valence-electron chi connectivity index (χ4n) is 7.08. The number of ether oxygens (including phenoxy) is 1. The monoisotopic (exact) mass is 328 g/mol. The van der Waals surface area contributed by atoms with E-state index < -0.39 is 0 Å². The van der Waals surface area contributed by atoms with Gasteiger partial charge >= 0.3 is 0 Å². The first-order valence-electron chi connectivity index (χ1n) is 9.65. The standard InChI is InChI=1S/C22H32O2/c1-14-11-15(23)12-16-19(14)22(5)10-7-17-20(2,3)8-6-9-21(17,4)18(22)13-24-16/h11-12,17-18,23H,6-10,13H2,1-5H3. The van der Waals surface area contributed by atoms with Gasteiger partial charge in [0.15, 0.2) is 0 Å². The molecule has 0 aromatic heterocycles. The van der Waals surface area contributed by atoms with E-state index in [2.05, 4.69) is 34.6 Å². The fourth-order valence-corrected chi connectivity index (χ4v) is 7.08. The topological polar surface area (TPSA) is 29.5 Å².